The highest BCUT2D eigenvalue weighted by molar-refractivity contribution is 6.09. The van der Waals surface area contributed by atoms with Crippen molar-refractivity contribution in [3.8, 4) is 22.6 Å². The fraction of sp³-hybridized carbons (Fsp3) is 0.441. The predicted octanol–water partition coefficient (Wildman–Crippen LogP) is 8.73. The van der Waals surface area contributed by atoms with Gasteiger partial charge in [0.25, 0.3) is 0 Å². The SMILES string of the molecule is CCCCOc1cc(OCCCC)cc(-c2ccc3c(c2)c2ccccc2n3CCCNC(=O)OC(C)(C)C)c1. The molecule has 0 aliphatic carbocycles. The summed E-state index contributed by atoms with van der Waals surface area (Å²) in [4.78, 5) is 12.1. The Morgan fingerprint density at radius 3 is 2.08 bits per heavy atom. The van der Waals surface area contributed by atoms with Gasteiger partial charge in [-0.3, -0.25) is 0 Å². The number of rotatable bonds is 13. The van der Waals surface area contributed by atoms with Crippen molar-refractivity contribution in [2.75, 3.05) is 19.8 Å². The van der Waals surface area contributed by atoms with Gasteiger partial charge in [0, 0.05) is 41.0 Å². The molecule has 1 heterocycles. The summed E-state index contributed by atoms with van der Waals surface area (Å²) in [6, 6.07) is 21.4. The fourth-order valence-electron chi connectivity index (χ4n) is 4.79. The van der Waals surface area contributed by atoms with E-state index in [-0.39, 0.29) is 6.09 Å². The number of aromatic nitrogens is 1. The third kappa shape index (κ3) is 7.71. The Labute approximate surface area is 238 Å². The number of carbonyl (C=O) groups excluding carboxylic acids is 1. The summed E-state index contributed by atoms with van der Waals surface area (Å²) < 4.78 is 19.9. The molecule has 0 atom stereocenters. The number of hydrogen-bond acceptors (Lipinski definition) is 4. The van der Waals surface area contributed by atoms with Crippen molar-refractivity contribution in [1.82, 2.24) is 9.88 Å². The first-order chi connectivity index (χ1) is 19.3. The van der Waals surface area contributed by atoms with Crippen LogP contribution in [0.3, 0.4) is 0 Å². The van der Waals surface area contributed by atoms with Crippen LogP contribution in [0.2, 0.25) is 0 Å². The Morgan fingerprint density at radius 2 is 1.43 bits per heavy atom. The summed E-state index contributed by atoms with van der Waals surface area (Å²) in [7, 11) is 0. The van der Waals surface area contributed by atoms with Crippen LogP contribution in [0.1, 0.15) is 66.7 Å². The van der Waals surface area contributed by atoms with E-state index in [9.17, 15) is 4.79 Å². The van der Waals surface area contributed by atoms with Gasteiger partial charge in [-0.05, 0) is 81.5 Å². The van der Waals surface area contributed by atoms with Gasteiger partial charge in [-0.25, -0.2) is 4.79 Å². The Hall–Kier alpha value is -3.67. The van der Waals surface area contributed by atoms with Crippen molar-refractivity contribution in [2.45, 2.75) is 78.9 Å². The van der Waals surface area contributed by atoms with Crippen molar-refractivity contribution in [3.05, 3.63) is 60.7 Å². The van der Waals surface area contributed by atoms with Crippen molar-refractivity contribution < 1.29 is 19.0 Å². The topological polar surface area (TPSA) is 61.7 Å². The Morgan fingerprint density at radius 1 is 0.775 bits per heavy atom. The number of aryl methyl sites for hydroxylation is 1. The number of nitrogens with zero attached hydrogens (tertiary/aromatic N) is 1. The minimum atomic E-state index is -0.502. The summed E-state index contributed by atoms with van der Waals surface area (Å²) in [5, 5.41) is 5.30. The molecule has 0 saturated carbocycles. The van der Waals surface area contributed by atoms with Crippen LogP contribution in [0.5, 0.6) is 11.5 Å². The predicted molar refractivity (Wildman–Crippen MR) is 165 cm³/mol. The number of fused-ring (bicyclic) bond motifs is 3. The zero-order valence-corrected chi connectivity index (χ0v) is 24.7. The van der Waals surface area contributed by atoms with Gasteiger partial charge in [0.2, 0.25) is 0 Å². The van der Waals surface area contributed by atoms with Gasteiger partial charge in [0.15, 0.2) is 0 Å². The van der Waals surface area contributed by atoms with Crippen LogP contribution in [-0.2, 0) is 11.3 Å². The molecule has 0 saturated heterocycles. The lowest BCUT2D eigenvalue weighted by molar-refractivity contribution is 0.0527. The molecule has 1 aromatic heterocycles. The highest BCUT2D eigenvalue weighted by Crippen LogP contribution is 2.35. The number of hydrogen-bond donors (Lipinski definition) is 1. The summed E-state index contributed by atoms with van der Waals surface area (Å²) in [5.74, 6) is 1.69. The third-order valence-electron chi connectivity index (χ3n) is 6.75. The van der Waals surface area contributed by atoms with Crippen LogP contribution in [0.4, 0.5) is 4.79 Å². The van der Waals surface area contributed by atoms with E-state index in [4.69, 9.17) is 14.2 Å². The summed E-state index contributed by atoms with van der Waals surface area (Å²) in [6.45, 7) is 12.7. The molecule has 0 unspecified atom stereocenters. The fourth-order valence-corrected chi connectivity index (χ4v) is 4.79. The molecule has 0 aliphatic heterocycles. The molecule has 214 valence electrons. The van der Waals surface area contributed by atoms with E-state index in [1.165, 1.54) is 21.8 Å². The highest BCUT2D eigenvalue weighted by Gasteiger charge is 2.16. The number of alkyl carbamates (subject to hydrolysis) is 1. The lowest BCUT2D eigenvalue weighted by Crippen LogP contribution is -2.33. The number of benzene rings is 3. The maximum absolute atomic E-state index is 12.1. The molecule has 40 heavy (non-hydrogen) atoms. The van der Waals surface area contributed by atoms with E-state index >= 15 is 0 Å². The van der Waals surface area contributed by atoms with Gasteiger partial charge < -0.3 is 24.1 Å². The zero-order valence-electron chi connectivity index (χ0n) is 24.7. The van der Waals surface area contributed by atoms with Crippen molar-refractivity contribution in [1.29, 1.82) is 0 Å². The minimum absolute atomic E-state index is 0.377. The molecule has 0 radical (unpaired) electrons. The van der Waals surface area contributed by atoms with E-state index in [0.717, 1.165) is 61.3 Å². The molecule has 3 aromatic carbocycles. The maximum atomic E-state index is 12.1. The van der Waals surface area contributed by atoms with E-state index in [2.05, 4.69) is 78.3 Å². The first-order valence-corrected chi connectivity index (χ1v) is 14.7. The second-order valence-corrected chi connectivity index (χ2v) is 11.3. The van der Waals surface area contributed by atoms with Crippen molar-refractivity contribution in [2.24, 2.45) is 0 Å². The van der Waals surface area contributed by atoms with Crippen LogP contribution >= 0.6 is 0 Å². The maximum Gasteiger partial charge on any atom is 0.407 e. The first kappa shape index (κ1) is 29.3. The van der Waals surface area contributed by atoms with Gasteiger partial charge in [0.05, 0.1) is 13.2 Å². The van der Waals surface area contributed by atoms with Gasteiger partial charge in [-0.2, -0.15) is 0 Å². The molecule has 4 aromatic rings. The molecule has 1 amide bonds. The molecule has 6 nitrogen and oxygen atoms in total. The summed E-state index contributed by atoms with van der Waals surface area (Å²) in [5.41, 5.74) is 4.08. The highest BCUT2D eigenvalue weighted by atomic mass is 16.6. The Bertz CT molecular complexity index is 1390. The zero-order chi connectivity index (χ0) is 28.5. The van der Waals surface area contributed by atoms with E-state index in [0.29, 0.717) is 19.8 Å². The van der Waals surface area contributed by atoms with E-state index in [1.807, 2.05) is 26.8 Å². The number of amides is 1. The molecular formula is C34H44N2O4. The molecule has 0 aliphatic rings. The van der Waals surface area contributed by atoms with Crippen LogP contribution in [0.15, 0.2) is 60.7 Å². The molecule has 6 heteroatoms. The molecular weight excluding hydrogens is 500 g/mol. The monoisotopic (exact) mass is 544 g/mol. The number of unbranched alkanes of at least 4 members (excludes halogenated alkanes) is 2. The summed E-state index contributed by atoms with van der Waals surface area (Å²) in [6.07, 6.45) is 4.65. The normalized spacial score (nSPS) is 11.6. The third-order valence-corrected chi connectivity index (χ3v) is 6.75. The number of ether oxygens (including phenoxy) is 3. The molecule has 0 bridgehead atoms. The average molecular weight is 545 g/mol. The standard InChI is InChI=1S/C34H44N2O4/c1-6-8-19-38-27-21-26(22-28(24-27)39-20-9-7-2)25-15-16-32-30(23-25)29-13-10-11-14-31(29)36(32)18-12-17-35-33(37)40-34(3,4)5/h10-11,13-16,21-24H,6-9,12,17-20H2,1-5H3,(H,35,37). The minimum Gasteiger partial charge on any atom is -0.493 e. The number of carbonyl (C=O) groups is 1. The molecule has 0 fully saturated rings. The second kappa shape index (κ2) is 13.6. The molecule has 1 N–H and O–H groups in total. The largest absolute Gasteiger partial charge is 0.493 e. The van der Waals surface area contributed by atoms with Crippen LogP contribution in [0.25, 0.3) is 32.9 Å². The lowest BCUT2D eigenvalue weighted by atomic mass is 10.0. The Balaban J connectivity index is 1.61. The molecule has 0 spiro atoms. The van der Waals surface area contributed by atoms with Crippen LogP contribution in [-0.4, -0.2) is 36.0 Å². The number of para-hydroxylation sites is 1. The van der Waals surface area contributed by atoms with E-state index in [1.54, 1.807) is 0 Å². The van der Waals surface area contributed by atoms with Crippen LogP contribution < -0.4 is 14.8 Å². The quantitative estimate of drug-likeness (QED) is 0.171. The average Bonchev–Trinajstić information content (AvgIpc) is 3.23. The first-order valence-electron chi connectivity index (χ1n) is 14.7. The van der Waals surface area contributed by atoms with Gasteiger partial charge in [0.1, 0.15) is 17.1 Å². The second-order valence-electron chi connectivity index (χ2n) is 11.3. The Kier molecular flexibility index (Phi) is 9.97. The van der Waals surface area contributed by atoms with Gasteiger partial charge in [-0.1, -0.05) is 51.0 Å². The van der Waals surface area contributed by atoms with E-state index < -0.39 is 5.60 Å². The van der Waals surface area contributed by atoms with Crippen molar-refractivity contribution in [3.63, 3.8) is 0 Å². The van der Waals surface area contributed by atoms with Crippen LogP contribution in [0, 0.1) is 0 Å². The van der Waals surface area contributed by atoms with Gasteiger partial charge >= 0.3 is 6.09 Å². The lowest BCUT2D eigenvalue weighted by Gasteiger charge is -2.19. The number of nitrogens with one attached hydrogen (secondary N) is 1. The van der Waals surface area contributed by atoms with Crippen molar-refractivity contribution >= 4 is 27.9 Å². The van der Waals surface area contributed by atoms with Gasteiger partial charge in [-0.15, -0.1) is 0 Å². The summed E-state index contributed by atoms with van der Waals surface area (Å²) >= 11 is 0. The smallest absolute Gasteiger partial charge is 0.407 e. The molecule has 4 rings (SSSR count).